The van der Waals surface area contributed by atoms with Gasteiger partial charge in [0.25, 0.3) is 0 Å². The molecule has 0 N–H and O–H groups in total. The number of fused-ring (bicyclic) bond motifs is 7. The zero-order valence-electron chi connectivity index (χ0n) is 21.7. The predicted octanol–water partition coefficient (Wildman–Crippen LogP) is 5.89. The lowest BCUT2D eigenvalue weighted by molar-refractivity contribution is 1.26. The smallest absolute Gasteiger partial charge is 0.100 e. The second-order valence-corrected chi connectivity index (χ2v) is 9.80. The third-order valence-electron chi connectivity index (χ3n) is 7.43. The Morgan fingerprint density at radius 3 is 0.976 bits per heavy atom. The summed E-state index contributed by atoms with van der Waals surface area (Å²) in [6.07, 6.45) is 13.4. The molecule has 9 rings (SSSR count). The molecule has 0 radical (unpaired) electrons. The van der Waals surface area contributed by atoms with Crippen molar-refractivity contribution in [3.05, 3.63) is 98.1 Å². The number of pyridine rings is 2. The van der Waals surface area contributed by atoms with Crippen molar-refractivity contribution in [3.63, 3.8) is 0 Å². The lowest BCUT2D eigenvalue weighted by atomic mass is 10.0. The summed E-state index contributed by atoms with van der Waals surface area (Å²) in [6, 6.07) is 16.0. The second-order valence-electron chi connectivity index (χ2n) is 9.80. The van der Waals surface area contributed by atoms with E-state index in [-0.39, 0.29) is 0 Å². The molecule has 0 aliphatic carbocycles. The Kier molecular flexibility index (Phi) is 4.67. The van der Waals surface area contributed by atoms with Gasteiger partial charge in [0.2, 0.25) is 0 Å². The maximum absolute atomic E-state index is 5.18. The summed E-state index contributed by atoms with van der Waals surface area (Å²) in [5, 5.41) is 1.92. The van der Waals surface area contributed by atoms with Gasteiger partial charge in [-0.25, -0.2) is 9.97 Å². The first-order chi connectivity index (χ1) is 20.8. The van der Waals surface area contributed by atoms with Crippen LogP contribution < -0.4 is 0 Å². The highest BCUT2D eigenvalue weighted by molar-refractivity contribution is 6.11. The molecule has 0 unspecified atom stereocenters. The minimum Gasteiger partial charge on any atom is -0.253 e. The third-order valence-corrected chi connectivity index (χ3v) is 7.43. The van der Waals surface area contributed by atoms with E-state index in [1.165, 1.54) is 0 Å². The largest absolute Gasteiger partial charge is 0.253 e. The van der Waals surface area contributed by atoms with E-state index in [0.717, 1.165) is 55.0 Å². The molecule has 0 saturated heterocycles. The Morgan fingerprint density at radius 1 is 0.310 bits per heavy atom. The van der Waals surface area contributed by atoms with Crippen molar-refractivity contribution in [2.45, 2.75) is 0 Å². The monoisotopic (exact) mass is 540 g/mol. The summed E-state index contributed by atoms with van der Waals surface area (Å²) in [5.41, 5.74) is 10.3. The molecule has 6 aromatic heterocycles. The number of rotatable bonds is 2. The van der Waals surface area contributed by atoms with Gasteiger partial charge in [0.05, 0.1) is 55.6 Å². The Hall–Kier alpha value is -6.16. The second kappa shape index (κ2) is 8.67. The van der Waals surface area contributed by atoms with Crippen LogP contribution >= 0.6 is 0 Å². The van der Waals surface area contributed by atoms with E-state index in [2.05, 4.69) is 52.0 Å². The van der Waals surface area contributed by atoms with Crippen molar-refractivity contribution in [2.75, 3.05) is 0 Å². The molecule has 0 saturated carbocycles. The Morgan fingerprint density at radius 2 is 0.619 bits per heavy atom. The topological polar surface area (TPSA) is 129 Å². The number of aromatic nitrogens is 10. The Labute approximate surface area is 236 Å². The Bertz CT molecular complexity index is 2260. The highest BCUT2D eigenvalue weighted by Gasteiger charge is 2.18. The van der Waals surface area contributed by atoms with Gasteiger partial charge in [-0.15, -0.1) is 0 Å². The first-order valence-electron chi connectivity index (χ1n) is 13.2. The summed E-state index contributed by atoms with van der Waals surface area (Å²) in [6.45, 7) is 0. The summed E-state index contributed by atoms with van der Waals surface area (Å²) in [7, 11) is 0. The molecule has 194 valence electrons. The van der Waals surface area contributed by atoms with E-state index in [9.17, 15) is 0 Å². The summed E-state index contributed by atoms with van der Waals surface area (Å²) in [4.78, 5) is 47.1. The minimum absolute atomic E-state index is 0.714. The van der Waals surface area contributed by atoms with E-state index in [0.29, 0.717) is 33.5 Å². The van der Waals surface area contributed by atoms with Crippen molar-refractivity contribution in [1.29, 1.82) is 0 Å². The molecule has 0 fully saturated rings. The predicted molar refractivity (Wildman–Crippen MR) is 160 cm³/mol. The molecule has 6 heterocycles. The highest BCUT2D eigenvalue weighted by atomic mass is 14.9. The van der Waals surface area contributed by atoms with Crippen LogP contribution in [0.4, 0.5) is 0 Å². The van der Waals surface area contributed by atoms with Gasteiger partial charge in [0.1, 0.15) is 22.1 Å². The molecule has 0 spiro atoms. The number of nitrogens with zero attached hydrogens (tertiary/aromatic N) is 10. The van der Waals surface area contributed by atoms with Crippen LogP contribution in [0.2, 0.25) is 0 Å². The number of benzene rings is 3. The quantitative estimate of drug-likeness (QED) is 0.193. The van der Waals surface area contributed by atoms with Gasteiger partial charge < -0.3 is 0 Å². The Balaban J connectivity index is 1.35. The third kappa shape index (κ3) is 3.32. The van der Waals surface area contributed by atoms with Gasteiger partial charge in [-0.2, -0.15) is 0 Å². The fourth-order valence-electron chi connectivity index (χ4n) is 5.60. The van der Waals surface area contributed by atoms with Crippen LogP contribution in [0, 0.1) is 0 Å². The first-order valence-corrected chi connectivity index (χ1v) is 13.2. The van der Waals surface area contributed by atoms with Crippen molar-refractivity contribution in [2.24, 2.45) is 0 Å². The fraction of sp³-hybridized carbons (Fsp3) is 0. The summed E-state index contributed by atoms with van der Waals surface area (Å²) < 4.78 is 0. The van der Waals surface area contributed by atoms with E-state index >= 15 is 0 Å². The lowest BCUT2D eigenvalue weighted by Gasteiger charge is -2.12. The van der Waals surface area contributed by atoms with E-state index in [1.807, 2.05) is 36.4 Å². The molecule has 0 aliphatic heterocycles. The van der Waals surface area contributed by atoms with Crippen molar-refractivity contribution in [3.8, 4) is 22.5 Å². The minimum atomic E-state index is 0.714. The molecule has 10 heteroatoms. The first kappa shape index (κ1) is 22.6. The van der Waals surface area contributed by atoms with Crippen molar-refractivity contribution < 1.29 is 0 Å². The normalized spacial score (nSPS) is 11.8. The van der Waals surface area contributed by atoms with Gasteiger partial charge >= 0.3 is 0 Å². The lowest BCUT2D eigenvalue weighted by Crippen LogP contribution is -1.97. The maximum Gasteiger partial charge on any atom is 0.100 e. The number of hydrogen-bond donors (Lipinski definition) is 0. The molecule has 9 aromatic rings. The van der Waals surface area contributed by atoms with Crippen LogP contribution in [0.15, 0.2) is 98.1 Å². The molecule has 3 aromatic carbocycles. The van der Waals surface area contributed by atoms with Crippen LogP contribution in [-0.4, -0.2) is 49.8 Å². The molecular formula is C32H16N10. The molecule has 0 amide bonds. The molecule has 10 nitrogen and oxygen atoms in total. The van der Waals surface area contributed by atoms with E-state index < -0.39 is 0 Å². The van der Waals surface area contributed by atoms with Crippen LogP contribution in [0.1, 0.15) is 0 Å². The van der Waals surface area contributed by atoms with E-state index in [1.54, 1.807) is 49.6 Å². The molecule has 0 atom stereocenters. The fourth-order valence-corrected chi connectivity index (χ4v) is 5.60. The summed E-state index contributed by atoms with van der Waals surface area (Å²) in [5.74, 6) is 0. The maximum atomic E-state index is 5.18. The van der Waals surface area contributed by atoms with Crippen molar-refractivity contribution >= 4 is 65.9 Å². The van der Waals surface area contributed by atoms with Crippen LogP contribution in [-0.2, 0) is 0 Å². The van der Waals surface area contributed by atoms with Gasteiger partial charge in [0.15, 0.2) is 0 Å². The van der Waals surface area contributed by atoms with Gasteiger partial charge in [-0.05, 0) is 24.3 Å². The molecular weight excluding hydrogens is 524 g/mol. The zero-order valence-corrected chi connectivity index (χ0v) is 21.7. The van der Waals surface area contributed by atoms with Crippen LogP contribution in [0.25, 0.3) is 88.5 Å². The highest BCUT2D eigenvalue weighted by Crippen LogP contribution is 2.36. The zero-order chi connectivity index (χ0) is 27.6. The van der Waals surface area contributed by atoms with Crippen LogP contribution in [0.5, 0.6) is 0 Å². The number of hydrogen-bond acceptors (Lipinski definition) is 10. The average Bonchev–Trinajstić information content (AvgIpc) is 3.05. The van der Waals surface area contributed by atoms with Crippen LogP contribution in [0.3, 0.4) is 0 Å². The van der Waals surface area contributed by atoms with Gasteiger partial charge in [0, 0.05) is 60.3 Å². The average molecular weight is 541 g/mol. The standard InChI is InChI=1S/C32H16N10/c1-2-18-4-6-20(26-31-23(35-9-13-39-31)16-24-32(26)40-14-10-36-24)42-28(18)27-17(1)3-5-19(41-27)25-29-21(33-7-11-37-29)15-22-30(25)38-12-8-34-22/h1-16H. The summed E-state index contributed by atoms with van der Waals surface area (Å²) >= 11 is 0. The van der Waals surface area contributed by atoms with Crippen molar-refractivity contribution in [1.82, 2.24) is 49.8 Å². The molecule has 42 heavy (non-hydrogen) atoms. The van der Waals surface area contributed by atoms with E-state index in [4.69, 9.17) is 9.97 Å². The van der Waals surface area contributed by atoms with Gasteiger partial charge in [-0.1, -0.05) is 24.3 Å². The SMILES string of the molecule is c1cnc2c(-c3ccc4ccc5ccc(-c6c7nccnc7cc7nccnc67)nc5c4n3)c3nccnc3cc2n1. The van der Waals surface area contributed by atoms with Gasteiger partial charge in [-0.3, -0.25) is 39.9 Å². The molecule has 0 bridgehead atoms. The molecule has 0 aliphatic rings.